The van der Waals surface area contributed by atoms with Gasteiger partial charge in [-0.05, 0) is 54.4 Å². The monoisotopic (exact) mass is 410 g/mol. The van der Waals surface area contributed by atoms with Gasteiger partial charge in [0.2, 0.25) is 0 Å². The highest BCUT2D eigenvalue weighted by Crippen LogP contribution is 2.34. The highest BCUT2D eigenvalue weighted by molar-refractivity contribution is 7.22. The summed E-state index contributed by atoms with van der Waals surface area (Å²) in [5.74, 6) is -0.608. The first-order chi connectivity index (χ1) is 13.5. The van der Waals surface area contributed by atoms with Gasteiger partial charge in [-0.2, -0.15) is 0 Å². The highest BCUT2D eigenvalue weighted by Gasteiger charge is 2.22. The Labute approximate surface area is 171 Å². The van der Waals surface area contributed by atoms with E-state index in [9.17, 15) is 9.18 Å². The molecule has 0 bridgehead atoms. The lowest BCUT2D eigenvalue weighted by Gasteiger charge is -2.20. The molecule has 4 aromatic rings. The van der Waals surface area contributed by atoms with Crippen LogP contribution < -0.4 is 4.90 Å². The van der Waals surface area contributed by atoms with E-state index in [4.69, 9.17) is 16.6 Å². The molecule has 0 radical (unpaired) electrons. The fourth-order valence-electron chi connectivity index (χ4n) is 3.00. The first-order valence-corrected chi connectivity index (χ1v) is 9.89. The van der Waals surface area contributed by atoms with Gasteiger partial charge in [0.05, 0.1) is 16.8 Å². The van der Waals surface area contributed by atoms with Crippen molar-refractivity contribution >= 4 is 44.2 Å². The molecule has 1 aromatic heterocycles. The van der Waals surface area contributed by atoms with E-state index in [0.717, 1.165) is 21.3 Å². The van der Waals surface area contributed by atoms with E-state index in [2.05, 4.69) is 0 Å². The van der Waals surface area contributed by atoms with Crippen molar-refractivity contribution in [1.29, 1.82) is 0 Å². The summed E-state index contributed by atoms with van der Waals surface area (Å²) < 4.78 is 14.2. The number of anilines is 1. The van der Waals surface area contributed by atoms with Crippen molar-refractivity contribution in [3.63, 3.8) is 0 Å². The number of aromatic nitrogens is 1. The summed E-state index contributed by atoms with van der Waals surface area (Å²) in [4.78, 5) is 19.6. The van der Waals surface area contributed by atoms with Crippen molar-refractivity contribution in [2.24, 2.45) is 0 Å². The van der Waals surface area contributed by atoms with Gasteiger partial charge in [-0.15, -0.1) is 0 Å². The first-order valence-electron chi connectivity index (χ1n) is 8.69. The van der Waals surface area contributed by atoms with Crippen molar-refractivity contribution in [1.82, 2.24) is 4.98 Å². The van der Waals surface area contributed by atoms with Crippen LogP contribution in [0.25, 0.3) is 10.2 Å². The van der Waals surface area contributed by atoms with Crippen LogP contribution in [0.3, 0.4) is 0 Å². The van der Waals surface area contributed by atoms with Crippen LogP contribution in [0, 0.1) is 12.7 Å². The van der Waals surface area contributed by atoms with Crippen molar-refractivity contribution < 1.29 is 9.18 Å². The number of rotatable bonds is 4. The number of nitrogens with zero attached hydrogens (tertiary/aromatic N) is 2. The Hall–Kier alpha value is -2.76. The number of carbonyl (C=O) groups is 1. The second-order valence-electron chi connectivity index (χ2n) is 6.45. The molecule has 6 heteroatoms. The van der Waals surface area contributed by atoms with Gasteiger partial charge >= 0.3 is 0 Å². The Morgan fingerprint density at radius 1 is 1.11 bits per heavy atom. The zero-order valence-corrected chi connectivity index (χ0v) is 16.6. The predicted molar refractivity (Wildman–Crippen MR) is 113 cm³/mol. The van der Waals surface area contributed by atoms with Crippen molar-refractivity contribution in [3.05, 3.63) is 94.3 Å². The van der Waals surface area contributed by atoms with Crippen molar-refractivity contribution in [2.45, 2.75) is 13.5 Å². The smallest absolute Gasteiger partial charge is 0.260 e. The average molecular weight is 411 g/mol. The van der Waals surface area contributed by atoms with Crippen molar-refractivity contribution in [3.8, 4) is 0 Å². The molecule has 0 saturated carbocycles. The van der Waals surface area contributed by atoms with E-state index < -0.39 is 0 Å². The Bertz CT molecular complexity index is 1140. The van der Waals surface area contributed by atoms with Gasteiger partial charge in [0.15, 0.2) is 5.13 Å². The second kappa shape index (κ2) is 7.70. The van der Waals surface area contributed by atoms with Gasteiger partial charge in [-0.25, -0.2) is 9.37 Å². The van der Waals surface area contributed by atoms with E-state index in [-0.39, 0.29) is 11.7 Å². The molecule has 0 atom stereocenters. The molecule has 4 rings (SSSR count). The van der Waals surface area contributed by atoms with E-state index in [0.29, 0.717) is 22.3 Å². The van der Waals surface area contributed by atoms with Crippen LogP contribution >= 0.6 is 22.9 Å². The molecule has 3 aromatic carbocycles. The lowest BCUT2D eigenvalue weighted by Crippen LogP contribution is -2.30. The molecule has 0 N–H and O–H groups in total. The number of aryl methyl sites for hydroxylation is 1. The Morgan fingerprint density at radius 2 is 1.82 bits per heavy atom. The molecule has 0 aliphatic heterocycles. The summed E-state index contributed by atoms with van der Waals surface area (Å²) in [6.45, 7) is 2.31. The van der Waals surface area contributed by atoms with Gasteiger partial charge in [-0.1, -0.05) is 53.3 Å². The van der Waals surface area contributed by atoms with Crippen LogP contribution in [0.2, 0.25) is 5.02 Å². The number of thiazole rings is 1. The van der Waals surface area contributed by atoms with E-state index >= 15 is 0 Å². The van der Waals surface area contributed by atoms with Crippen LogP contribution in [-0.4, -0.2) is 10.9 Å². The Morgan fingerprint density at radius 3 is 2.54 bits per heavy atom. The minimum absolute atomic E-state index is 0.230. The average Bonchev–Trinajstić information content (AvgIpc) is 3.11. The van der Waals surface area contributed by atoms with Gasteiger partial charge < -0.3 is 0 Å². The van der Waals surface area contributed by atoms with Crippen LogP contribution in [0.1, 0.15) is 21.5 Å². The van der Waals surface area contributed by atoms with Gasteiger partial charge in [0.1, 0.15) is 5.82 Å². The number of carbonyl (C=O) groups excluding carboxylic acids is 1. The normalized spacial score (nSPS) is 11.0. The van der Waals surface area contributed by atoms with E-state index in [1.165, 1.54) is 35.6 Å². The number of halogens is 2. The minimum Gasteiger partial charge on any atom is -0.279 e. The zero-order chi connectivity index (χ0) is 19.7. The first kappa shape index (κ1) is 18.6. The lowest BCUT2D eigenvalue weighted by atomic mass is 10.1. The van der Waals surface area contributed by atoms with Gasteiger partial charge in [0.25, 0.3) is 5.91 Å². The largest absolute Gasteiger partial charge is 0.279 e. The lowest BCUT2D eigenvalue weighted by molar-refractivity contribution is 0.0985. The number of amides is 1. The highest BCUT2D eigenvalue weighted by atomic mass is 35.5. The third-order valence-corrected chi connectivity index (χ3v) is 5.63. The molecule has 3 nitrogen and oxygen atoms in total. The SMILES string of the molecule is Cc1cc(Cl)cc2sc(N(Cc3ccccc3)C(=O)c3ccc(F)cc3)nc12. The molecule has 0 aliphatic carbocycles. The summed E-state index contributed by atoms with van der Waals surface area (Å²) in [6, 6.07) is 19.0. The maximum atomic E-state index is 13.3. The molecule has 1 amide bonds. The van der Waals surface area contributed by atoms with Crippen LogP contribution in [0.5, 0.6) is 0 Å². The van der Waals surface area contributed by atoms with Crippen molar-refractivity contribution in [2.75, 3.05) is 4.90 Å². The maximum absolute atomic E-state index is 13.3. The second-order valence-corrected chi connectivity index (χ2v) is 7.90. The molecule has 0 fully saturated rings. The molecular weight excluding hydrogens is 395 g/mol. The summed E-state index contributed by atoms with van der Waals surface area (Å²) in [5, 5.41) is 1.22. The summed E-state index contributed by atoms with van der Waals surface area (Å²) in [5.41, 5.74) is 3.17. The molecule has 0 spiro atoms. The molecular formula is C22H16ClFN2OS. The van der Waals surface area contributed by atoms with Gasteiger partial charge in [0, 0.05) is 10.6 Å². The summed E-state index contributed by atoms with van der Waals surface area (Å²) in [7, 11) is 0. The number of hydrogen-bond donors (Lipinski definition) is 0. The molecule has 28 heavy (non-hydrogen) atoms. The molecule has 140 valence electrons. The summed E-state index contributed by atoms with van der Waals surface area (Å²) in [6.07, 6.45) is 0. The van der Waals surface area contributed by atoms with Crippen LogP contribution in [0.4, 0.5) is 9.52 Å². The van der Waals surface area contributed by atoms with E-state index in [1.54, 1.807) is 4.90 Å². The topological polar surface area (TPSA) is 33.2 Å². The van der Waals surface area contributed by atoms with Crippen LogP contribution in [0.15, 0.2) is 66.7 Å². The standard InChI is InChI=1S/C22H16ClFN2OS/c1-14-11-17(23)12-19-20(14)25-22(28-19)26(13-15-5-3-2-4-6-15)21(27)16-7-9-18(24)10-8-16/h2-12H,13H2,1H3. The van der Waals surface area contributed by atoms with Crippen LogP contribution in [-0.2, 0) is 6.54 Å². The molecule has 0 unspecified atom stereocenters. The fraction of sp³-hybridized carbons (Fsp3) is 0.0909. The quantitative estimate of drug-likeness (QED) is 0.398. The molecule has 0 aliphatic rings. The van der Waals surface area contributed by atoms with E-state index in [1.807, 2.05) is 49.4 Å². The molecule has 0 saturated heterocycles. The molecule has 1 heterocycles. The predicted octanol–water partition coefficient (Wildman–Crippen LogP) is 6.24. The Balaban J connectivity index is 1.79. The minimum atomic E-state index is -0.378. The van der Waals surface area contributed by atoms with Gasteiger partial charge in [-0.3, -0.25) is 9.69 Å². The Kier molecular flexibility index (Phi) is 5.11. The summed E-state index contributed by atoms with van der Waals surface area (Å²) >= 11 is 7.59. The number of fused-ring (bicyclic) bond motifs is 1. The fourth-order valence-corrected chi connectivity index (χ4v) is 4.42. The number of benzene rings is 3. The third-order valence-electron chi connectivity index (χ3n) is 4.39. The zero-order valence-electron chi connectivity index (χ0n) is 15.0. The maximum Gasteiger partial charge on any atom is 0.260 e. The number of hydrogen-bond acceptors (Lipinski definition) is 3. The third kappa shape index (κ3) is 3.77.